The summed E-state index contributed by atoms with van der Waals surface area (Å²) in [5.74, 6) is 0.448. The third-order valence-electron chi connectivity index (χ3n) is 1.04. The molecule has 0 spiro atoms. The van der Waals surface area contributed by atoms with Crippen LogP contribution in [0.2, 0.25) is 0 Å². The van der Waals surface area contributed by atoms with Gasteiger partial charge in [-0.15, -0.1) is 0 Å². The van der Waals surface area contributed by atoms with Gasteiger partial charge >= 0.3 is 5.97 Å². The van der Waals surface area contributed by atoms with Crippen molar-refractivity contribution in [2.75, 3.05) is 12.0 Å². The number of ether oxygens (including phenoxy) is 1. The summed E-state index contributed by atoms with van der Waals surface area (Å²) in [6.07, 6.45) is 1.99. The first-order valence-electron chi connectivity index (χ1n) is 3.26. The van der Waals surface area contributed by atoms with E-state index in [0.29, 0.717) is 6.42 Å². The molecule has 0 rings (SSSR count). The molecule has 0 aliphatic carbocycles. The molecule has 11 heavy (non-hydrogen) atoms. The predicted molar refractivity (Wildman–Crippen MR) is 44.2 cm³/mol. The highest BCUT2D eigenvalue weighted by molar-refractivity contribution is 7.98. The van der Waals surface area contributed by atoms with Gasteiger partial charge in [-0.05, 0) is 12.0 Å². The first-order valence-corrected chi connectivity index (χ1v) is 4.66. The Bertz CT molecular complexity index is 164. The van der Waals surface area contributed by atoms with Crippen molar-refractivity contribution < 1.29 is 9.53 Å². The molecule has 3 nitrogen and oxygen atoms in total. The fourth-order valence-electron chi connectivity index (χ4n) is 0.575. The second-order valence-electron chi connectivity index (χ2n) is 2.01. The number of hydrogen-bond donors (Lipinski definition) is 0. The van der Waals surface area contributed by atoms with Crippen molar-refractivity contribution in [3.05, 3.63) is 0 Å². The maximum absolute atomic E-state index is 10.4. The highest BCUT2D eigenvalue weighted by atomic mass is 32.2. The van der Waals surface area contributed by atoms with Gasteiger partial charge in [0.05, 0.1) is 0 Å². The summed E-state index contributed by atoms with van der Waals surface area (Å²) >= 11 is 1.63. The van der Waals surface area contributed by atoms with Crippen LogP contribution in [0.25, 0.3) is 0 Å². The SMILES string of the molecule is CSCCC(C#N)OC(C)=O. The average Bonchev–Trinajstić information content (AvgIpc) is 1.97. The molecule has 0 aliphatic heterocycles. The van der Waals surface area contributed by atoms with Gasteiger partial charge in [-0.2, -0.15) is 17.0 Å². The average molecular weight is 173 g/mol. The first kappa shape index (κ1) is 10.3. The predicted octanol–water partition coefficient (Wildman–Crippen LogP) is 1.19. The highest BCUT2D eigenvalue weighted by Gasteiger charge is 2.08. The Morgan fingerprint density at radius 3 is 2.82 bits per heavy atom. The molecule has 0 aromatic rings. The monoisotopic (exact) mass is 173 g/mol. The standard InChI is InChI=1S/C7H11NO2S/c1-6(9)10-7(5-8)3-4-11-2/h7H,3-4H2,1-2H3. The first-order chi connectivity index (χ1) is 5.20. The minimum absolute atomic E-state index is 0.391. The minimum Gasteiger partial charge on any atom is -0.447 e. The van der Waals surface area contributed by atoms with Gasteiger partial charge in [0.2, 0.25) is 0 Å². The van der Waals surface area contributed by atoms with Gasteiger partial charge in [-0.25, -0.2) is 0 Å². The van der Waals surface area contributed by atoms with Gasteiger partial charge in [0, 0.05) is 13.3 Å². The fourth-order valence-corrected chi connectivity index (χ4v) is 1.02. The van der Waals surface area contributed by atoms with Gasteiger partial charge in [0.1, 0.15) is 6.07 Å². The Morgan fingerprint density at radius 2 is 2.45 bits per heavy atom. The zero-order valence-electron chi connectivity index (χ0n) is 6.66. The highest BCUT2D eigenvalue weighted by Crippen LogP contribution is 2.03. The maximum Gasteiger partial charge on any atom is 0.303 e. The van der Waals surface area contributed by atoms with E-state index in [-0.39, 0.29) is 0 Å². The molecule has 0 heterocycles. The molecule has 0 aromatic heterocycles. The summed E-state index contributed by atoms with van der Waals surface area (Å²) in [6.45, 7) is 1.31. The zero-order valence-corrected chi connectivity index (χ0v) is 7.48. The molecule has 62 valence electrons. The lowest BCUT2D eigenvalue weighted by Gasteiger charge is -2.06. The van der Waals surface area contributed by atoms with Crippen LogP contribution < -0.4 is 0 Å². The van der Waals surface area contributed by atoms with Gasteiger partial charge in [0.15, 0.2) is 6.10 Å². The molecule has 1 atom stereocenters. The topological polar surface area (TPSA) is 50.1 Å². The van der Waals surface area contributed by atoms with Crippen molar-refractivity contribution >= 4 is 17.7 Å². The Balaban J connectivity index is 3.60. The summed E-state index contributed by atoms with van der Waals surface area (Å²) in [7, 11) is 0. The van der Waals surface area contributed by atoms with E-state index < -0.39 is 12.1 Å². The molecule has 0 radical (unpaired) electrons. The molecule has 0 bridgehead atoms. The summed E-state index contributed by atoms with van der Waals surface area (Å²) in [6, 6.07) is 1.91. The van der Waals surface area contributed by atoms with E-state index >= 15 is 0 Å². The van der Waals surface area contributed by atoms with Crippen molar-refractivity contribution in [3.63, 3.8) is 0 Å². The zero-order chi connectivity index (χ0) is 8.69. The summed E-state index contributed by atoms with van der Waals surface area (Å²) in [4.78, 5) is 10.4. The van der Waals surface area contributed by atoms with Crippen LogP contribution in [0, 0.1) is 11.3 Å². The van der Waals surface area contributed by atoms with Crippen LogP contribution in [0.3, 0.4) is 0 Å². The van der Waals surface area contributed by atoms with Crippen LogP contribution in [0.5, 0.6) is 0 Å². The molecule has 0 aliphatic rings. The van der Waals surface area contributed by atoms with Crippen molar-refractivity contribution in [3.8, 4) is 6.07 Å². The number of carbonyl (C=O) groups excluding carboxylic acids is 1. The van der Waals surface area contributed by atoms with Crippen molar-refractivity contribution in [2.45, 2.75) is 19.4 Å². The molecule has 0 aromatic carbocycles. The lowest BCUT2D eigenvalue weighted by molar-refractivity contribution is -0.143. The van der Waals surface area contributed by atoms with E-state index in [4.69, 9.17) is 5.26 Å². The van der Waals surface area contributed by atoms with Gasteiger partial charge in [0.25, 0.3) is 0 Å². The van der Waals surface area contributed by atoms with Crippen LogP contribution in [0.4, 0.5) is 0 Å². The van der Waals surface area contributed by atoms with Crippen LogP contribution in [0.1, 0.15) is 13.3 Å². The minimum atomic E-state index is -0.569. The lowest BCUT2D eigenvalue weighted by Crippen LogP contribution is -2.14. The third-order valence-corrected chi connectivity index (χ3v) is 1.68. The number of carbonyl (C=O) groups is 1. The van der Waals surface area contributed by atoms with Gasteiger partial charge < -0.3 is 4.74 Å². The number of nitrogens with zero attached hydrogens (tertiary/aromatic N) is 1. The number of esters is 1. The Hall–Kier alpha value is -0.690. The Labute approximate surface area is 70.7 Å². The van der Waals surface area contributed by atoms with Crippen molar-refractivity contribution in [1.82, 2.24) is 0 Å². The second kappa shape index (κ2) is 6.05. The maximum atomic E-state index is 10.4. The third kappa shape index (κ3) is 5.74. The fraction of sp³-hybridized carbons (Fsp3) is 0.714. The number of rotatable bonds is 4. The van der Waals surface area contributed by atoms with Crippen LogP contribution in [-0.4, -0.2) is 24.1 Å². The molecular formula is C7H11NO2S. The molecule has 0 N–H and O–H groups in total. The number of nitriles is 1. The molecule has 1 unspecified atom stereocenters. The molecule has 0 amide bonds. The molecule has 0 saturated heterocycles. The van der Waals surface area contributed by atoms with E-state index in [1.165, 1.54) is 6.92 Å². The second-order valence-corrected chi connectivity index (χ2v) is 2.99. The largest absolute Gasteiger partial charge is 0.447 e. The van der Waals surface area contributed by atoms with Crippen LogP contribution in [0.15, 0.2) is 0 Å². The molecule has 4 heteroatoms. The van der Waals surface area contributed by atoms with E-state index in [2.05, 4.69) is 4.74 Å². The van der Waals surface area contributed by atoms with Crippen LogP contribution >= 0.6 is 11.8 Å². The van der Waals surface area contributed by atoms with Gasteiger partial charge in [-0.3, -0.25) is 4.79 Å². The summed E-state index contributed by atoms with van der Waals surface area (Å²) < 4.78 is 4.69. The number of thioether (sulfide) groups is 1. The number of hydrogen-bond acceptors (Lipinski definition) is 4. The smallest absolute Gasteiger partial charge is 0.303 e. The molecular weight excluding hydrogens is 162 g/mol. The van der Waals surface area contributed by atoms with Gasteiger partial charge in [-0.1, -0.05) is 0 Å². The van der Waals surface area contributed by atoms with E-state index in [1.54, 1.807) is 11.8 Å². The lowest BCUT2D eigenvalue weighted by atomic mass is 10.3. The molecule has 0 fully saturated rings. The Kier molecular flexibility index (Phi) is 5.67. The molecule has 0 saturated carbocycles. The van der Waals surface area contributed by atoms with E-state index in [9.17, 15) is 4.79 Å². The van der Waals surface area contributed by atoms with Crippen molar-refractivity contribution in [1.29, 1.82) is 5.26 Å². The van der Waals surface area contributed by atoms with E-state index in [0.717, 1.165) is 5.75 Å². The normalized spacial score (nSPS) is 11.7. The van der Waals surface area contributed by atoms with E-state index in [1.807, 2.05) is 12.3 Å². The van der Waals surface area contributed by atoms with Crippen molar-refractivity contribution in [2.24, 2.45) is 0 Å². The summed E-state index contributed by atoms with van der Waals surface area (Å²) in [5.41, 5.74) is 0. The quantitative estimate of drug-likeness (QED) is 0.599. The summed E-state index contributed by atoms with van der Waals surface area (Å²) in [5, 5.41) is 8.47. The van der Waals surface area contributed by atoms with Crippen LogP contribution in [-0.2, 0) is 9.53 Å². The Morgan fingerprint density at radius 1 is 1.82 bits per heavy atom.